The smallest absolute Gasteiger partial charge is 0.322 e. The van der Waals surface area contributed by atoms with Crippen molar-refractivity contribution < 1.29 is 19.1 Å². The van der Waals surface area contributed by atoms with E-state index in [9.17, 15) is 14.4 Å². The molecular formula is C23H23N5O4. The number of nitrogens with zero attached hydrogens (tertiary/aromatic N) is 2. The Hall–Kier alpha value is -3.88. The molecule has 1 aliphatic heterocycles. The summed E-state index contributed by atoms with van der Waals surface area (Å²) in [5, 5.41) is 7.95. The van der Waals surface area contributed by atoms with E-state index in [-0.39, 0.29) is 17.7 Å². The number of urea groups is 1. The van der Waals surface area contributed by atoms with Gasteiger partial charge < -0.3 is 19.8 Å². The molecule has 2 aromatic heterocycles. The number of carbonyl (C=O) groups is 3. The number of ether oxygens (including phenoxy) is 1. The molecule has 2 aliphatic rings. The van der Waals surface area contributed by atoms with Gasteiger partial charge in [0.05, 0.1) is 5.69 Å². The van der Waals surface area contributed by atoms with Gasteiger partial charge in [-0.2, -0.15) is 0 Å². The van der Waals surface area contributed by atoms with Crippen molar-refractivity contribution in [3.05, 3.63) is 60.6 Å². The predicted molar refractivity (Wildman–Crippen MR) is 116 cm³/mol. The van der Waals surface area contributed by atoms with Crippen molar-refractivity contribution >= 4 is 29.2 Å². The summed E-state index contributed by atoms with van der Waals surface area (Å²) < 4.78 is 7.80. The van der Waals surface area contributed by atoms with Crippen LogP contribution in [0.25, 0.3) is 5.65 Å². The van der Waals surface area contributed by atoms with Crippen molar-refractivity contribution in [2.24, 2.45) is 5.92 Å². The third kappa shape index (κ3) is 3.89. The molecule has 3 aromatic rings. The Bertz CT molecular complexity index is 1160. The van der Waals surface area contributed by atoms with E-state index < -0.39 is 11.6 Å². The lowest BCUT2D eigenvalue weighted by atomic mass is 9.76. The van der Waals surface area contributed by atoms with Crippen molar-refractivity contribution in [3.63, 3.8) is 0 Å². The molecule has 9 nitrogen and oxygen atoms in total. The van der Waals surface area contributed by atoms with Crippen molar-refractivity contribution in [3.8, 4) is 5.75 Å². The molecule has 3 N–H and O–H groups in total. The fraction of sp³-hybridized carbons (Fsp3) is 0.304. The fourth-order valence-corrected chi connectivity index (χ4v) is 4.37. The molecule has 1 saturated carbocycles. The summed E-state index contributed by atoms with van der Waals surface area (Å²) in [6.45, 7) is 0.317. The summed E-state index contributed by atoms with van der Waals surface area (Å²) in [7, 11) is 0. The topological polar surface area (TPSA) is 114 Å². The second-order valence-corrected chi connectivity index (χ2v) is 8.27. The maximum absolute atomic E-state index is 12.8. The second-order valence-electron chi connectivity index (χ2n) is 8.27. The van der Waals surface area contributed by atoms with Gasteiger partial charge in [0, 0.05) is 30.1 Å². The predicted octanol–water partition coefficient (Wildman–Crippen LogP) is 2.62. The van der Waals surface area contributed by atoms with E-state index in [2.05, 4.69) is 20.9 Å². The van der Waals surface area contributed by atoms with E-state index in [0.29, 0.717) is 43.7 Å². The summed E-state index contributed by atoms with van der Waals surface area (Å²) in [5.74, 6) is 0.0279. The first-order chi connectivity index (χ1) is 15.5. The summed E-state index contributed by atoms with van der Waals surface area (Å²) in [6, 6.07) is 12.6. The molecular weight excluding hydrogens is 410 g/mol. The van der Waals surface area contributed by atoms with Crippen molar-refractivity contribution in [1.82, 2.24) is 20.0 Å². The van der Waals surface area contributed by atoms with E-state index in [4.69, 9.17) is 4.74 Å². The highest BCUT2D eigenvalue weighted by Crippen LogP contribution is 2.35. The molecule has 4 amide bonds. The minimum atomic E-state index is -0.862. The van der Waals surface area contributed by atoms with Crippen LogP contribution in [0.2, 0.25) is 0 Å². The number of nitrogens with one attached hydrogen (secondary N) is 3. The van der Waals surface area contributed by atoms with Gasteiger partial charge in [0.25, 0.3) is 5.91 Å². The second kappa shape index (κ2) is 7.99. The lowest BCUT2D eigenvalue weighted by molar-refractivity contribution is -0.128. The Morgan fingerprint density at radius 2 is 2.03 bits per heavy atom. The van der Waals surface area contributed by atoms with Crippen LogP contribution in [0.1, 0.15) is 31.4 Å². The third-order valence-electron chi connectivity index (χ3n) is 6.13. The van der Waals surface area contributed by atoms with Crippen LogP contribution < -0.4 is 20.7 Å². The number of hydrogen-bond donors (Lipinski definition) is 3. The Kier molecular flexibility index (Phi) is 5.01. The molecule has 1 saturated heterocycles. The molecule has 0 unspecified atom stereocenters. The fourth-order valence-electron chi connectivity index (χ4n) is 4.37. The Balaban J connectivity index is 1.17. The maximum atomic E-state index is 12.8. The molecule has 1 aliphatic carbocycles. The van der Waals surface area contributed by atoms with Crippen LogP contribution in [0, 0.1) is 5.92 Å². The van der Waals surface area contributed by atoms with Gasteiger partial charge in [-0.15, -0.1) is 0 Å². The third-order valence-corrected chi connectivity index (χ3v) is 6.13. The number of imide groups is 1. The van der Waals surface area contributed by atoms with Gasteiger partial charge in [0.2, 0.25) is 5.91 Å². The standard InChI is InChI=1S/C23H23N5O4/c29-20(15-7-9-23(10-8-15)21(30)26-22(31)27-23)25-16-4-3-5-18(12-16)32-14-17-13-28-11-2-1-6-19(28)24-17/h1-6,11-13,15H,7-10,14H2,(H,25,29)(H2,26,27,30,31). The molecule has 32 heavy (non-hydrogen) atoms. The van der Waals surface area contributed by atoms with Crippen molar-refractivity contribution in [2.75, 3.05) is 5.32 Å². The first-order valence-electron chi connectivity index (χ1n) is 10.6. The zero-order valence-electron chi connectivity index (χ0n) is 17.3. The molecule has 0 radical (unpaired) electrons. The normalized spacial score (nSPS) is 22.6. The van der Waals surface area contributed by atoms with Gasteiger partial charge in [0.15, 0.2) is 0 Å². The summed E-state index contributed by atoms with van der Waals surface area (Å²) in [6.07, 6.45) is 5.81. The number of fused-ring (bicyclic) bond motifs is 1. The minimum Gasteiger partial charge on any atom is -0.487 e. The molecule has 1 spiro atoms. The Morgan fingerprint density at radius 3 is 2.78 bits per heavy atom. The molecule has 164 valence electrons. The molecule has 3 heterocycles. The first kappa shape index (κ1) is 20.0. The van der Waals surface area contributed by atoms with E-state index in [1.165, 1.54) is 0 Å². The lowest BCUT2D eigenvalue weighted by Crippen LogP contribution is -2.50. The first-order valence-corrected chi connectivity index (χ1v) is 10.6. The number of carbonyl (C=O) groups excluding carboxylic acids is 3. The largest absolute Gasteiger partial charge is 0.487 e. The maximum Gasteiger partial charge on any atom is 0.322 e. The van der Waals surface area contributed by atoms with Gasteiger partial charge in [0.1, 0.15) is 23.5 Å². The van der Waals surface area contributed by atoms with Gasteiger partial charge in [-0.3, -0.25) is 14.9 Å². The molecule has 1 aromatic carbocycles. The van der Waals surface area contributed by atoms with Crippen LogP contribution in [0.5, 0.6) is 5.75 Å². The summed E-state index contributed by atoms with van der Waals surface area (Å²) in [4.78, 5) is 40.8. The SMILES string of the molecule is O=C1NC(=O)C2(CCC(C(=O)Nc3cccc(OCc4cn5ccccc5n4)c3)CC2)N1. The van der Waals surface area contributed by atoms with E-state index in [0.717, 1.165) is 11.3 Å². The molecule has 2 fully saturated rings. The highest BCUT2D eigenvalue weighted by atomic mass is 16.5. The number of aromatic nitrogens is 2. The van der Waals surface area contributed by atoms with Crippen LogP contribution in [0.4, 0.5) is 10.5 Å². The van der Waals surface area contributed by atoms with Crippen LogP contribution in [-0.4, -0.2) is 32.8 Å². The minimum absolute atomic E-state index is 0.0953. The molecule has 5 rings (SSSR count). The quantitative estimate of drug-likeness (QED) is 0.535. The average molecular weight is 433 g/mol. The van der Waals surface area contributed by atoms with Crippen molar-refractivity contribution in [2.45, 2.75) is 37.8 Å². The van der Waals surface area contributed by atoms with Crippen LogP contribution in [0.3, 0.4) is 0 Å². The number of pyridine rings is 1. The van der Waals surface area contributed by atoms with E-state index in [1.807, 2.05) is 53.2 Å². The number of imidazole rings is 1. The Morgan fingerprint density at radius 1 is 1.19 bits per heavy atom. The molecule has 0 bridgehead atoms. The van der Waals surface area contributed by atoms with Gasteiger partial charge >= 0.3 is 6.03 Å². The number of benzene rings is 1. The van der Waals surface area contributed by atoms with Crippen LogP contribution >= 0.6 is 0 Å². The number of hydrogen-bond acceptors (Lipinski definition) is 5. The Labute approximate surface area is 184 Å². The van der Waals surface area contributed by atoms with Gasteiger partial charge in [-0.25, -0.2) is 9.78 Å². The van der Waals surface area contributed by atoms with Crippen LogP contribution in [-0.2, 0) is 16.2 Å². The summed E-state index contributed by atoms with van der Waals surface area (Å²) >= 11 is 0. The molecule has 0 atom stereocenters. The number of rotatable bonds is 5. The molecule has 9 heteroatoms. The highest BCUT2D eigenvalue weighted by Gasteiger charge is 2.48. The monoisotopic (exact) mass is 433 g/mol. The van der Waals surface area contributed by atoms with Gasteiger partial charge in [-0.1, -0.05) is 12.1 Å². The zero-order chi connectivity index (χ0) is 22.1. The average Bonchev–Trinajstić information content (AvgIpc) is 3.32. The highest BCUT2D eigenvalue weighted by molar-refractivity contribution is 6.07. The number of amides is 4. The zero-order valence-corrected chi connectivity index (χ0v) is 17.3. The summed E-state index contributed by atoms with van der Waals surface area (Å²) in [5.41, 5.74) is 1.45. The van der Waals surface area contributed by atoms with Gasteiger partial charge in [-0.05, 0) is 49.9 Å². The lowest BCUT2D eigenvalue weighted by Gasteiger charge is -2.33. The van der Waals surface area contributed by atoms with Crippen LogP contribution in [0.15, 0.2) is 54.9 Å². The number of anilines is 1. The van der Waals surface area contributed by atoms with E-state index in [1.54, 1.807) is 6.07 Å². The van der Waals surface area contributed by atoms with Crippen molar-refractivity contribution in [1.29, 1.82) is 0 Å². The van der Waals surface area contributed by atoms with E-state index >= 15 is 0 Å².